The van der Waals surface area contributed by atoms with Gasteiger partial charge in [0, 0.05) is 6.92 Å². The quantitative estimate of drug-likeness (QED) is 0.768. The van der Waals surface area contributed by atoms with E-state index in [1.807, 2.05) is 0 Å². The van der Waals surface area contributed by atoms with Crippen LogP contribution in [0.2, 0.25) is 0 Å². The van der Waals surface area contributed by atoms with Crippen LogP contribution in [0.1, 0.15) is 17.3 Å². The lowest BCUT2D eigenvalue weighted by Gasteiger charge is -2.02. The second kappa shape index (κ2) is 4.90. The molecule has 0 atom stereocenters. The Morgan fingerprint density at radius 3 is 2.43 bits per heavy atom. The van der Waals surface area contributed by atoms with Crippen LogP contribution in [0.4, 0.5) is 0 Å². The molecule has 1 rings (SSSR count). The van der Waals surface area contributed by atoms with Crippen LogP contribution in [0.5, 0.6) is 0 Å². The summed E-state index contributed by atoms with van der Waals surface area (Å²) in [5.74, 6) is -0.669. The van der Waals surface area contributed by atoms with Gasteiger partial charge >= 0.3 is 0 Å². The Labute approximate surface area is 101 Å². The summed E-state index contributed by atoms with van der Waals surface area (Å²) in [6.45, 7) is 1.32. The van der Waals surface area contributed by atoms with Crippen molar-refractivity contribution in [1.82, 2.24) is 10.9 Å². The number of thiophene rings is 1. The van der Waals surface area contributed by atoms with Crippen molar-refractivity contribution in [2.24, 2.45) is 0 Å². The molecule has 0 spiro atoms. The average Bonchev–Trinajstić information content (AvgIpc) is 2.41. The molecule has 4 nitrogen and oxygen atoms in total. The van der Waals surface area contributed by atoms with Crippen LogP contribution in [0.15, 0.2) is 13.6 Å². The summed E-state index contributed by atoms with van der Waals surface area (Å²) < 4.78 is 1.56. The minimum atomic E-state index is -0.353. The van der Waals surface area contributed by atoms with Gasteiger partial charge < -0.3 is 0 Å². The highest BCUT2D eigenvalue weighted by Crippen LogP contribution is 2.31. The van der Waals surface area contributed by atoms with Gasteiger partial charge in [0.2, 0.25) is 5.91 Å². The average molecular weight is 342 g/mol. The van der Waals surface area contributed by atoms with E-state index in [4.69, 9.17) is 0 Å². The van der Waals surface area contributed by atoms with Crippen molar-refractivity contribution in [2.45, 2.75) is 6.92 Å². The van der Waals surface area contributed by atoms with E-state index < -0.39 is 0 Å². The van der Waals surface area contributed by atoms with Crippen molar-refractivity contribution in [2.75, 3.05) is 0 Å². The molecule has 0 unspecified atom stereocenters. The number of hydrazine groups is 1. The zero-order valence-electron chi connectivity index (χ0n) is 7.06. The maximum absolute atomic E-state index is 11.4. The first-order chi connectivity index (χ1) is 6.50. The Morgan fingerprint density at radius 1 is 1.36 bits per heavy atom. The van der Waals surface area contributed by atoms with E-state index in [0.717, 1.165) is 3.79 Å². The van der Waals surface area contributed by atoms with Crippen molar-refractivity contribution < 1.29 is 9.59 Å². The summed E-state index contributed by atoms with van der Waals surface area (Å²) in [6, 6.07) is 1.67. The fraction of sp³-hybridized carbons (Fsp3) is 0.143. The lowest BCUT2D eigenvalue weighted by atomic mass is 10.3. The van der Waals surface area contributed by atoms with E-state index in [-0.39, 0.29) is 11.8 Å². The number of nitrogens with one attached hydrogen (secondary N) is 2. The van der Waals surface area contributed by atoms with Crippen LogP contribution in [-0.2, 0) is 4.79 Å². The molecule has 0 aromatic carbocycles. The Bertz CT molecular complexity index is 378. The number of halogens is 2. The van der Waals surface area contributed by atoms with Gasteiger partial charge in [-0.2, -0.15) is 0 Å². The van der Waals surface area contributed by atoms with Gasteiger partial charge in [-0.25, -0.2) is 0 Å². The van der Waals surface area contributed by atoms with E-state index in [2.05, 4.69) is 42.7 Å². The first-order valence-corrected chi connectivity index (χ1v) is 5.92. The minimum absolute atomic E-state index is 0.316. The van der Waals surface area contributed by atoms with Crippen molar-refractivity contribution >= 4 is 55.0 Å². The van der Waals surface area contributed by atoms with Gasteiger partial charge in [0.25, 0.3) is 5.91 Å². The third-order valence-corrected chi connectivity index (χ3v) is 3.59. The van der Waals surface area contributed by atoms with E-state index in [9.17, 15) is 9.59 Å². The molecule has 1 heterocycles. The van der Waals surface area contributed by atoms with Gasteiger partial charge in [-0.15, -0.1) is 11.3 Å². The molecule has 0 saturated heterocycles. The van der Waals surface area contributed by atoms with Crippen molar-refractivity contribution in [1.29, 1.82) is 0 Å². The molecule has 0 aliphatic heterocycles. The molecular formula is C7H6Br2N2O2S. The monoisotopic (exact) mass is 340 g/mol. The third kappa shape index (κ3) is 3.07. The molecule has 0 fully saturated rings. The smallest absolute Gasteiger partial charge is 0.271 e. The summed E-state index contributed by atoms with van der Waals surface area (Å²) in [7, 11) is 0. The van der Waals surface area contributed by atoms with Gasteiger partial charge in [-0.1, -0.05) is 0 Å². The number of hydrogen-bond donors (Lipinski definition) is 2. The summed E-state index contributed by atoms with van der Waals surface area (Å²) in [4.78, 5) is 21.9. The van der Waals surface area contributed by atoms with Gasteiger partial charge in [0.15, 0.2) is 0 Å². The lowest BCUT2D eigenvalue weighted by Crippen LogP contribution is -2.40. The van der Waals surface area contributed by atoms with Crippen molar-refractivity contribution in [3.8, 4) is 0 Å². The Balaban J connectivity index is 2.69. The van der Waals surface area contributed by atoms with E-state index in [0.29, 0.717) is 9.35 Å². The Morgan fingerprint density at radius 2 is 2.00 bits per heavy atom. The van der Waals surface area contributed by atoms with E-state index in [1.54, 1.807) is 6.07 Å². The molecule has 0 radical (unpaired) electrons. The SMILES string of the molecule is CC(=O)NNC(=O)c1cc(Br)sc1Br. The molecule has 0 saturated carbocycles. The van der Waals surface area contributed by atoms with E-state index in [1.165, 1.54) is 18.3 Å². The summed E-state index contributed by atoms with van der Waals surface area (Å²) in [5, 5.41) is 0. The maximum atomic E-state index is 11.4. The highest BCUT2D eigenvalue weighted by molar-refractivity contribution is 9.12. The predicted molar refractivity (Wildman–Crippen MR) is 61.0 cm³/mol. The zero-order valence-corrected chi connectivity index (χ0v) is 11.0. The third-order valence-electron chi connectivity index (χ3n) is 1.25. The van der Waals surface area contributed by atoms with Crippen LogP contribution in [0, 0.1) is 0 Å². The van der Waals surface area contributed by atoms with Gasteiger partial charge in [0.05, 0.1) is 13.1 Å². The number of carbonyl (C=O) groups excluding carboxylic acids is 2. The molecule has 2 amide bonds. The molecular weight excluding hydrogens is 336 g/mol. The molecule has 76 valence electrons. The molecule has 2 N–H and O–H groups in total. The Hall–Kier alpha value is -0.400. The van der Waals surface area contributed by atoms with Crippen LogP contribution < -0.4 is 10.9 Å². The highest BCUT2D eigenvalue weighted by atomic mass is 79.9. The number of rotatable bonds is 1. The largest absolute Gasteiger partial charge is 0.274 e. The molecule has 1 aromatic rings. The predicted octanol–water partition coefficient (Wildman–Crippen LogP) is 2.05. The number of hydrogen-bond acceptors (Lipinski definition) is 3. The zero-order chi connectivity index (χ0) is 10.7. The summed E-state index contributed by atoms with van der Waals surface area (Å²) in [5.41, 5.74) is 4.96. The Kier molecular flexibility index (Phi) is 4.09. The first kappa shape index (κ1) is 11.7. The second-order valence-electron chi connectivity index (χ2n) is 2.37. The molecule has 0 bridgehead atoms. The van der Waals surface area contributed by atoms with Gasteiger partial charge in [-0.05, 0) is 37.9 Å². The van der Waals surface area contributed by atoms with Gasteiger partial charge in [-0.3, -0.25) is 20.4 Å². The van der Waals surface area contributed by atoms with Crippen molar-refractivity contribution in [3.05, 3.63) is 19.2 Å². The number of amides is 2. The molecule has 7 heteroatoms. The summed E-state index contributed by atoms with van der Waals surface area (Å²) in [6.07, 6.45) is 0. The van der Waals surface area contributed by atoms with Crippen LogP contribution >= 0.6 is 43.2 Å². The van der Waals surface area contributed by atoms with Crippen LogP contribution in [0.3, 0.4) is 0 Å². The minimum Gasteiger partial charge on any atom is -0.274 e. The molecule has 1 aromatic heterocycles. The molecule has 0 aliphatic rings. The van der Waals surface area contributed by atoms with Gasteiger partial charge in [0.1, 0.15) is 0 Å². The van der Waals surface area contributed by atoms with Crippen LogP contribution in [-0.4, -0.2) is 11.8 Å². The second-order valence-corrected chi connectivity index (χ2v) is 6.12. The normalized spacial score (nSPS) is 9.64. The fourth-order valence-corrected chi connectivity index (χ4v) is 3.50. The fourth-order valence-electron chi connectivity index (χ4n) is 0.707. The molecule has 14 heavy (non-hydrogen) atoms. The lowest BCUT2D eigenvalue weighted by molar-refractivity contribution is -0.119. The van der Waals surface area contributed by atoms with Crippen molar-refractivity contribution in [3.63, 3.8) is 0 Å². The summed E-state index contributed by atoms with van der Waals surface area (Å²) >= 11 is 7.88. The standard InChI is InChI=1S/C7H6Br2N2O2S/c1-3(12)10-11-7(13)4-2-5(8)14-6(4)9/h2H,1H3,(H,10,12)(H,11,13). The van der Waals surface area contributed by atoms with Crippen LogP contribution in [0.25, 0.3) is 0 Å². The maximum Gasteiger partial charge on any atom is 0.271 e. The number of carbonyl (C=O) groups is 2. The first-order valence-electron chi connectivity index (χ1n) is 3.52. The van der Waals surface area contributed by atoms with E-state index >= 15 is 0 Å². The molecule has 0 aliphatic carbocycles. The highest BCUT2D eigenvalue weighted by Gasteiger charge is 2.13. The topological polar surface area (TPSA) is 58.2 Å².